The third-order valence-corrected chi connectivity index (χ3v) is 3.25. The van der Waals surface area contributed by atoms with Crippen molar-refractivity contribution >= 4 is 24.0 Å². The SMILES string of the molecule is CNC1CCN(CC(=O)Nc2cc(F)ccc2F)C1.Cl. The number of likely N-dealkylation sites (tertiary alicyclic amines) is 1. The van der Waals surface area contributed by atoms with Crippen LogP contribution >= 0.6 is 12.4 Å². The minimum absolute atomic E-state index is 0. The van der Waals surface area contributed by atoms with Gasteiger partial charge in [0, 0.05) is 25.2 Å². The lowest BCUT2D eigenvalue weighted by Gasteiger charge is -2.15. The van der Waals surface area contributed by atoms with Gasteiger partial charge in [-0.05, 0) is 25.6 Å². The van der Waals surface area contributed by atoms with E-state index in [1.807, 2.05) is 11.9 Å². The van der Waals surface area contributed by atoms with E-state index >= 15 is 0 Å². The Kier molecular flexibility index (Phi) is 6.32. The summed E-state index contributed by atoms with van der Waals surface area (Å²) >= 11 is 0. The summed E-state index contributed by atoms with van der Waals surface area (Å²) < 4.78 is 26.3. The zero-order chi connectivity index (χ0) is 13.8. The minimum Gasteiger partial charge on any atom is -0.322 e. The van der Waals surface area contributed by atoms with E-state index in [0.29, 0.717) is 6.04 Å². The highest BCUT2D eigenvalue weighted by Crippen LogP contribution is 2.15. The van der Waals surface area contributed by atoms with E-state index in [1.54, 1.807) is 0 Å². The van der Waals surface area contributed by atoms with Crippen LogP contribution in [-0.4, -0.2) is 43.5 Å². The lowest BCUT2D eigenvalue weighted by atomic mass is 10.3. The molecule has 2 N–H and O–H groups in total. The predicted octanol–water partition coefficient (Wildman–Crippen LogP) is 1.62. The van der Waals surface area contributed by atoms with Crippen molar-refractivity contribution in [3.63, 3.8) is 0 Å². The molecule has 112 valence electrons. The fraction of sp³-hybridized carbons (Fsp3) is 0.462. The standard InChI is InChI=1S/C13H17F2N3O.ClH/c1-16-10-4-5-18(7-10)8-13(19)17-12-6-9(14)2-3-11(12)15;/h2-3,6,10,16H,4-5,7-8H2,1H3,(H,17,19);1H. The molecule has 0 aromatic heterocycles. The molecule has 2 rings (SSSR count). The number of carbonyl (C=O) groups is 1. The molecule has 20 heavy (non-hydrogen) atoms. The third-order valence-electron chi connectivity index (χ3n) is 3.25. The second kappa shape index (κ2) is 7.52. The zero-order valence-corrected chi connectivity index (χ0v) is 12.0. The Morgan fingerprint density at radius 1 is 1.45 bits per heavy atom. The van der Waals surface area contributed by atoms with Crippen molar-refractivity contribution in [1.29, 1.82) is 0 Å². The van der Waals surface area contributed by atoms with E-state index in [0.717, 1.165) is 37.7 Å². The Bertz CT molecular complexity index is 473. The number of hydrogen-bond acceptors (Lipinski definition) is 3. The number of likely N-dealkylation sites (N-methyl/N-ethyl adjacent to an activating group) is 1. The number of rotatable bonds is 4. The van der Waals surface area contributed by atoms with Crippen LogP contribution in [0.15, 0.2) is 18.2 Å². The minimum atomic E-state index is -0.635. The largest absolute Gasteiger partial charge is 0.322 e. The summed E-state index contributed by atoms with van der Waals surface area (Å²) in [6.45, 7) is 1.80. The van der Waals surface area contributed by atoms with E-state index in [1.165, 1.54) is 0 Å². The van der Waals surface area contributed by atoms with E-state index in [-0.39, 0.29) is 30.5 Å². The Morgan fingerprint density at radius 3 is 2.85 bits per heavy atom. The molecule has 0 saturated carbocycles. The van der Waals surface area contributed by atoms with Gasteiger partial charge in [-0.3, -0.25) is 9.69 Å². The van der Waals surface area contributed by atoms with Gasteiger partial charge in [-0.15, -0.1) is 12.4 Å². The van der Waals surface area contributed by atoms with Crippen LogP contribution in [0.4, 0.5) is 14.5 Å². The van der Waals surface area contributed by atoms with Gasteiger partial charge in [0.15, 0.2) is 0 Å². The number of anilines is 1. The molecular weight excluding hydrogens is 288 g/mol. The average Bonchev–Trinajstić information content (AvgIpc) is 2.81. The average molecular weight is 306 g/mol. The van der Waals surface area contributed by atoms with Crippen LogP contribution in [0.3, 0.4) is 0 Å². The van der Waals surface area contributed by atoms with E-state index in [4.69, 9.17) is 0 Å². The molecule has 7 heteroatoms. The molecule has 0 radical (unpaired) electrons. The molecule has 0 spiro atoms. The first-order chi connectivity index (χ1) is 9.08. The molecule has 1 amide bonds. The Hall–Kier alpha value is -1.24. The van der Waals surface area contributed by atoms with Crippen molar-refractivity contribution in [3.8, 4) is 0 Å². The van der Waals surface area contributed by atoms with Crippen LogP contribution in [0.2, 0.25) is 0 Å². The second-order valence-corrected chi connectivity index (χ2v) is 4.68. The van der Waals surface area contributed by atoms with Crippen molar-refractivity contribution in [3.05, 3.63) is 29.8 Å². The molecular formula is C13H18ClF2N3O. The fourth-order valence-electron chi connectivity index (χ4n) is 2.20. The smallest absolute Gasteiger partial charge is 0.238 e. The Labute approximate surface area is 122 Å². The van der Waals surface area contributed by atoms with Crippen molar-refractivity contribution < 1.29 is 13.6 Å². The van der Waals surface area contributed by atoms with Crippen LogP contribution in [0.25, 0.3) is 0 Å². The van der Waals surface area contributed by atoms with Gasteiger partial charge >= 0.3 is 0 Å². The molecule has 1 aromatic carbocycles. The van der Waals surface area contributed by atoms with Crippen LogP contribution in [0, 0.1) is 11.6 Å². The molecule has 1 fully saturated rings. The van der Waals surface area contributed by atoms with E-state index < -0.39 is 11.6 Å². The lowest BCUT2D eigenvalue weighted by molar-refractivity contribution is -0.117. The molecule has 1 aliphatic rings. The molecule has 1 heterocycles. The second-order valence-electron chi connectivity index (χ2n) is 4.68. The van der Waals surface area contributed by atoms with Gasteiger partial charge in [0.05, 0.1) is 12.2 Å². The predicted molar refractivity (Wildman–Crippen MR) is 76.1 cm³/mol. The molecule has 4 nitrogen and oxygen atoms in total. The quantitative estimate of drug-likeness (QED) is 0.888. The molecule has 1 aromatic rings. The van der Waals surface area contributed by atoms with Crippen LogP contribution < -0.4 is 10.6 Å². The molecule has 0 aliphatic carbocycles. The Balaban J connectivity index is 0.00000200. The van der Waals surface area contributed by atoms with Crippen molar-refractivity contribution in [2.24, 2.45) is 0 Å². The highest BCUT2D eigenvalue weighted by atomic mass is 35.5. The summed E-state index contributed by atoms with van der Waals surface area (Å²) in [4.78, 5) is 13.7. The van der Waals surface area contributed by atoms with Crippen LogP contribution in [-0.2, 0) is 4.79 Å². The summed E-state index contributed by atoms with van der Waals surface area (Å²) in [6.07, 6.45) is 0.984. The van der Waals surface area contributed by atoms with Gasteiger partial charge in [-0.25, -0.2) is 8.78 Å². The highest BCUT2D eigenvalue weighted by molar-refractivity contribution is 5.92. The van der Waals surface area contributed by atoms with Gasteiger partial charge < -0.3 is 10.6 Å². The summed E-state index contributed by atoms with van der Waals surface area (Å²) in [5.74, 6) is -1.54. The number of carbonyl (C=O) groups excluding carboxylic acids is 1. The third kappa shape index (κ3) is 4.40. The van der Waals surface area contributed by atoms with Gasteiger partial charge in [-0.2, -0.15) is 0 Å². The van der Waals surface area contributed by atoms with Crippen LogP contribution in [0.5, 0.6) is 0 Å². The van der Waals surface area contributed by atoms with E-state index in [9.17, 15) is 13.6 Å². The zero-order valence-electron chi connectivity index (χ0n) is 11.2. The van der Waals surface area contributed by atoms with Crippen molar-refractivity contribution in [2.45, 2.75) is 12.5 Å². The first kappa shape index (κ1) is 16.8. The number of nitrogens with zero attached hydrogens (tertiary/aromatic N) is 1. The Morgan fingerprint density at radius 2 is 2.20 bits per heavy atom. The highest BCUT2D eigenvalue weighted by Gasteiger charge is 2.22. The number of nitrogens with one attached hydrogen (secondary N) is 2. The van der Waals surface area contributed by atoms with E-state index in [2.05, 4.69) is 10.6 Å². The lowest BCUT2D eigenvalue weighted by Crippen LogP contribution is -2.34. The fourth-order valence-corrected chi connectivity index (χ4v) is 2.20. The molecule has 0 bridgehead atoms. The summed E-state index contributed by atoms with van der Waals surface area (Å²) in [7, 11) is 1.89. The maximum Gasteiger partial charge on any atom is 0.238 e. The molecule has 1 unspecified atom stereocenters. The van der Waals surface area contributed by atoms with Gasteiger partial charge in [0.1, 0.15) is 11.6 Å². The molecule has 1 aliphatic heterocycles. The maximum absolute atomic E-state index is 13.4. The summed E-state index contributed by atoms with van der Waals surface area (Å²) in [6, 6.07) is 3.38. The monoisotopic (exact) mass is 305 g/mol. The number of benzene rings is 1. The summed E-state index contributed by atoms with van der Waals surface area (Å²) in [5.41, 5.74) is -0.116. The van der Waals surface area contributed by atoms with Gasteiger partial charge in [0.25, 0.3) is 0 Å². The number of hydrogen-bond donors (Lipinski definition) is 2. The molecule has 1 atom stereocenters. The van der Waals surface area contributed by atoms with Gasteiger partial charge in [-0.1, -0.05) is 0 Å². The van der Waals surface area contributed by atoms with Gasteiger partial charge in [0.2, 0.25) is 5.91 Å². The first-order valence-electron chi connectivity index (χ1n) is 6.23. The number of amides is 1. The maximum atomic E-state index is 13.4. The number of halogens is 3. The topological polar surface area (TPSA) is 44.4 Å². The summed E-state index contributed by atoms with van der Waals surface area (Å²) in [5, 5.41) is 5.55. The van der Waals surface area contributed by atoms with Crippen molar-refractivity contribution in [1.82, 2.24) is 10.2 Å². The molecule has 1 saturated heterocycles. The normalized spacial score (nSPS) is 18.6. The first-order valence-corrected chi connectivity index (χ1v) is 6.23. The van der Waals surface area contributed by atoms with Crippen LogP contribution in [0.1, 0.15) is 6.42 Å². The van der Waals surface area contributed by atoms with Crippen molar-refractivity contribution in [2.75, 3.05) is 32.0 Å².